The van der Waals surface area contributed by atoms with Crippen LogP contribution in [0, 0.1) is 5.92 Å². The molecule has 5 nitrogen and oxygen atoms in total. The van der Waals surface area contributed by atoms with Crippen molar-refractivity contribution in [3.05, 3.63) is 0 Å². The molecule has 3 N–H and O–H groups in total. The molecule has 1 amide bonds. The van der Waals surface area contributed by atoms with E-state index in [0.717, 1.165) is 19.4 Å². The van der Waals surface area contributed by atoms with Gasteiger partial charge in [-0.2, -0.15) is 0 Å². The molecule has 1 fully saturated rings. The number of hydrogen-bond acceptors (Lipinski definition) is 3. The predicted molar refractivity (Wildman–Crippen MR) is 73.9 cm³/mol. The monoisotopic (exact) mass is 270 g/mol. The molecule has 0 aromatic heterocycles. The Balaban J connectivity index is 2.29. The Morgan fingerprint density at radius 2 is 2.11 bits per heavy atom. The average molecular weight is 270 g/mol. The zero-order valence-corrected chi connectivity index (χ0v) is 11.9. The second-order valence-electron chi connectivity index (χ2n) is 5.77. The number of amides is 1. The number of nitrogens with one attached hydrogen (secondary N) is 2. The van der Waals surface area contributed by atoms with Crippen LogP contribution in [0.25, 0.3) is 0 Å². The molecule has 0 aliphatic carbocycles. The zero-order chi connectivity index (χ0) is 14.3. The minimum Gasteiger partial charge on any atom is -0.480 e. The molecule has 0 bridgehead atoms. The molecular weight excluding hydrogens is 244 g/mol. The Labute approximate surface area is 115 Å². The summed E-state index contributed by atoms with van der Waals surface area (Å²) in [6.07, 6.45) is 5.20. The Bertz CT molecular complexity index is 299. The van der Waals surface area contributed by atoms with Crippen LogP contribution in [0.15, 0.2) is 0 Å². The standard InChI is InChI=1S/C14H26N2O3/c1-10(2)9-12(14(18)19)16-13(17)7-6-11-5-3-4-8-15-11/h10-12,15H,3-9H2,1-2H3,(H,16,17)(H,18,19)/t11?,12-/m0/s1. The van der Waals surface area contributed by atoms with Crippen LogP contribution in [0.4, 0.5) is 0 Å². The van der Waals surface area contributed by atoms with Gasteiger partial charge in [0.25, 0.3) is 0 Å². The molecule has 1 unspecified atom stereocenters. The van der Waals surface area contributed by atoms with Crippen molar-refractivity contribution in [3.8, 4) is 0 Å². The highest BCUT2D eigenvalue weighted by Crippen LogP contribution is 2.12. The lowest BCUT2D eigenvalue weighted by molar-refractivity contribution is -0.142. The minimum atomic E-state index is -0.946. The molecule has 0 spiro atoms. The van der Waals surface area contributed by atoms with Crippen molar-refractivity contribution in [2.45, 2.75) is 64.5 Å². The molecule has 0 radical (unpaired) electrons. The number of hydrogen-bond donors (Lipinski definition) is 3. The molecule has 1 saturated heterocycles. The van der Waals surface area contributed by atoms with Gasteiger partial charge in [0.15, 0.2) is 0 Å². The van der Waals surface area contributed by atoms with Gasteiger partial charge in [0.2, 0.25) is 5.91 Å². The second-order valence-corrected chi connectivity index (χ2v) is 5.77. The highest BCUT2D eigenvalue weighted by molar-refractivity contribution is 5.83. The number of carbonyl (C=O) groups excluding carboxylic acids is 1. The highest BCUT2D eigenvalue weighted by Gasteiger charge is 2.21. The molecular formula is C14H26N2O3. The zero-order valence-electron chi connectivity index (χ0n) is 11.9. The van der Waals surface area contributed by atoms with Crippen LogP contribution in [0.2, 0.25) is 0 Å². The maximum absolute atomic E-state index is 11.8. The van der Waals surface area contributed by atoms with Gasteiger partial charge in [0, 0.05) is 12.5 Å². The summed E-state index contributed by atoms with van der Waals surface area (Å²) >= 11 is 0. The summed E-state index contributed by atoms with van der Waals surface area (Å²) in [6.45, 7) is 4.93. The number of carboxylic acid groups (broad SMARTS) is 1. The molecule has 19 heavy (non-hydrogen) atoms. The third kappa shape index (κ3) is 6.57. The summed E-state index contributed by atoms with van der Waals surface area (Å²) in [5.74, 6) is -0.848. The van der Waals surface area contributed by atoms with Crippen molar-refractivity contribution < 1.29 is 14.7 Å². The van der Waals surface area contributed by atoms with Crippen molar-refractivity contribution in [1.29, 1.82) is 0 Å². The van der Waals surface area contributed by atoms with Gasteiger partial charge in [-0.15, -0.1) is 0 Å². The van der Waals surface area contributed by atoms with E-state index in [1.54, 1.807) is 0 Å². The van der Waals surface area contributed by atoms with Crippen molar-refractivity contribution >= 4 is 11.9 Å². The fourth-order valence-electron chi connectivity index (χ4n) is 2.44. The number of carboxylic acids is 1. The van der Waals surface area contributed by atoms with E-state index in [0.29, 0.717) is 18.9 Å². The quantitative estimate of drug-likeness (QED) is 0.655. The van der Waals surface area contributed by atoms with Crippen LogP contribution < -0.4 is 10.6 Å². The summed E-state index contributed by atoms with van der Waals surface area (Å²) in [6, 6.07) is -0.348. The minimum absolute atomic E-state index is 0.152. The Morgan fingerprint density at radius 3 is 2.63 bits per heavy atom. The van der Waals surface area contributed by atoms with Gasteiger partial charge < -0.3 is 15.7 Å². The van der Waals surface area contributed by atoms with Crippen LogP contribution in [0.5, 0.6) is 0 Å². The van der Waals surface area contributed by atoms with Crippen LogP contribution in [-0.2, 0) is 9.59 Å². The third-order valence-electron chi connectivity index (χ3n) is 3.47. The molecule has 1 rings (SSSR count). The van der Waals surface area contributed by atoms with E-state index in [2.05, 4.69) is 10.6 Å². The molecule has 0 aromatic rings. The molecule has 0 saturated carbocycles. The summed E-state index contributed by atoms with van der Waals surface area (Å²) in [7, 11) is 0. The topological polar surface area (TPSA) is 78.4 Å². The van der Waals surface area contributed by atoms with E-state index in [1.807, 2.05) is 13.8 Å². The lowest BCUT2D eigenvalue weighted by Gasteiger charge is -2.23. The van der Waals surface area contributed by atoms with Crippen LogP contribution >= 0.6 is 0 Å². The van der Waals surface area contributed by atoms with E-state index < -0.39 is 12.0 Å². The first-order valence-electron chi connectivity index (χ1n) is 7.24. The van der Waals surface area contributed by atoms with Gasteiger partial charge in [-0.05, 0) is 38.1 Å². The largest absolute Gasteiger partial charge is 0.480 e. The smallest absolute Gasteiger partial charge is 0.326 e. The molecule has 110 valence electrons. The highest BCUT2D eigenvalue weighted by atomic mass is 16.4. The van der Waals surface area contributed by atoms with Gasteiger partial charge in [-0.3, -0.25) is 4.79 Å². The maximum atomic E-state index is 11.8. The van der Waals surface area contributed by atoms with Crippen LogP contribution in [-0.4, -0.2) is 35.6 Å². The Morgan fingerprint density at radius 1 is 1.37 bits per heavy atom. The van der Waals surface area contributed by atoms with Gasteiger partial charge in [-0.25, -0.2) is 4.79 Å². The van der Waals surface area contributed by atoms with Crippen molar-refractivity contribution in [3.63, 3.8) is 0 Å². The number of rotatable bonds is 7. The molecule has 5 heteroatoms. The molecule has 1 heterocycles. The first-order chi connectivity index (χ1) is 8.99. The summed E-state index contributed by atoms with van der Waals surface area (Å²) in [5.41, 5.74) is 0. The normalized spacial score (nSPS) is 21.1. The molecule has 1 aliphatic rings. The fourth-order valence-corrected chi connectivity index (χ4v) is 2.44. The first kappa shape index (κ1) is 16.0. The number of piperidine rings is 1. The van der Waals surface area contributed by atoms with Crippen LogP contribution in [0.1, 0.15) is 52.4 Å². The number of carbonyl (C=O) groups is 2. The van der Waals surface area contributed by atoms with Gasteiger partial charge in [-0.1, -0.05) is 20.3 Å². The van der Waals surface area contributed by atoms with Gasteiger partial charge in [0.05, 0.1) is 0 Å². The lowest BCUT2D eigenvalue weighted by Crippen LogP contribution is -2.42. The average Bonchev–Trinajstić information content (AvgIpc) is 2.36. The summed E-state index contributed by atoms with van der Waals surface area (Å²) in [4.78, 5) is 22.8. The van der Waals surface area contributed by atoms with Gasteiger partial charge >= 0.3 is 5.97 Å². The van der Waals surface area contributed by atoms with E-state index in [1.165, 1.54) is 12.8 Å². The predicted octanol–water partition coefficient (Wildman–Crippen LogP) is 1.52. The SMILES string of the molecule is CC(C)C[C@H](NC(=O)CCC1CCCCN1)C(=O)O. The number of aliphatic carboxylic acids is 1. The first-order valence-corrected chi connectivity index (χ1v) is 7.24. The molecule has 0 aromatic carbocycles. The van der Waals surface area contributed by atoms with E-state index >= 15 is 0 Å². The van der Waals surface area contributed by atoms with Crippen molar-refractivity contribution in [2.24, 2.45) is 5.92 Å². The summed E-state index contributed by atoms with van der Waals surface area (Å²) in [5, 5.41) is 15.1. The van der Waals surface area contributed by atoms with Gasteiger partial charge in [0.1, 0.15) is 6.04 Å². The van der Waals surface area contributed by atoms with Crippen molar-refractivity contribution in [2.75, 3.05) is 6.54 Å². The molecule has 1 aliphatic heterocycles. The lowest BCUT2D eigenvalue weighted by atomic mass is 10.00. The van der Waals surface area contributed by atoms with E-state index in [9.17, 15) is 9.59 Å². The van der Waals surface area contributed by atoms with E-state index in [4.69, 9.17) is 5.11 Å². The third-order valence-corrected chi connectivity index (χ3v) is 3.47. The van der Waals surface area contributed by atoms with E-state index in [-0.39, 0.29) is 11.8 Å². The van der Waals surface area contributed by atoms with Crippen molar-refractivity contribution in [1.82, 2.24) is 10.6 Å². The summed E-state index contributed by atoms with van der Waals surface area (Å²) < 4.78 is 0. The second kappa shape index (κ2) is 8.15. The molecule has 2 atom stereocenters. The Hall–Kier alpha value is -1.10. The fraction of sp³-hybridized carbons (Fsp3) is 0.857. The Kier molecular flexibility index (Phi) is 6.84. The van der Waals surface area contributed by atoms with Crippen LogP contribution in [0.3, 0.4) is 0 Å². The maximum Gasteiger partial charge on any atom is 0.326 e.